The van der Waals surface area contributed by atoms with Crippen LogP contribution >= 0.6 is 12.4 Å². The fourth-order valence-electron chi connectivity index (χ4n) is 3.18. The number of hydrogen-bond donors (Lipinski definition) is 1. The molecule has 1 saturated heterocycles. The molecule has 2 aromatic heterocycles. The van der Waals surface area contributed by atoms with Crippen molar-refractivity contribution in [3.05, 3.63) is 40.9 Å². The number of carbonyl (C=O) groups is 1. The first-order valence-electron chi connectivity index (χ1n) is 8.02. The summed E-state index contributed by atoms with van der Waals surface area (Å²) in [6, 6.07) is 7.50. The van der Waals surface area contributed by atoms with Crippen LogP contribution < -0.4 is 10.9 Å². The summed E-state index contributed by atoms with van der Waals surface area (Å²) in [6.45, 7) is 4.15. The van der Waals surface area contributed by atoms with Crippen molar-refractivity contribution < 1.29 is 9.21 Å². The second kappa shape index (κ2) is 6.85. The van der Waals surface area contributed by atoms with Crippen molar-refractivity contribution >= 4 is 40.4 Å². The average Bonchev–Trinajstić information content (AvgIpc) is 2.97. The lowest BCUT2D eigenvalue weighted by Crippen LogP contribution is -2.53. The third kappa shape index (κ3) is 3.01. The van der Waals surface area contributed by atoms with Crippen molar-refractivity contribution in [3.8, 4) is 0 Å². The summed E-state index contributed by atoms with van der Waals surface area (Å²) in [5.41, 5.74) is 1.03. The number of piperazine rings is 1. The number of rotatable bonds is 2. The Morgan fingerprint density at radius 2 is 2.20 bits per heavy atom. The Morgan fingerprint density at radius 1 is 1.40 bits per heavy atom. The maximum Gasteiger partial charge on any atom is 0.297 e. The number of amides is 1. The van der Waals surface area contributed by atoms with Crippen molar-refractivity contribution in [2.45, 2.75) is 19.5 Å². The molecule has 1 aliphatic rings. The molecule has 1 fully saturated rings. The molecule has 1 atom stereocenters. The van der Waals surface area contributed by atoms with Gasteiger partial charge in [-0.05, 0) is 19.1 Å². The van der Waals surface area contributed by atoms with E-state index in [4.69, 9.17) is 4.42 Å². The van der Waals surface area contributed by atoms with Crippen molar-refractivity contribution in [3.63, 3.8) is 0 Å². The van der Waals surface area contributed by atoms with Crippen molar-refractivity contribution in [2.75, 3.05) is 19.6 Å². The van der Waals surface area contributed by atoms with E-state index in [9.17, 15) is 9.59 Å². The molecule has 0 unspecified atom stereocenters. The van der Waals surface area contributed by atoms with Crippen LogP contribution in [0.25, 0.3) is 22.1 Å². The van der Waals surface area contributed by atoms with E-state index in [2.05, 4.69) is 10.3 Å². The van der Waals surface area contributed by atoms with Gasteiger partial charge in [-0.15, -0.1) is 12.4 Å². The number of nitrogens with zero attached hydrogens (tertiary/aromatic N) is 3. The second-order valence-electron chi connectivity index (χ2n) is 6.09. The molecule has 0 spiro atoms. The zero-order valence-electron chi connectivity index (χ0n) is 13.8. The third-order valence-electron chi connectivity index (χ3n) is 4.48. The zero-order chi connectivity index (χ0) is 16.7. The first-order valence-corrected chi connectivity index (χ1v) is 8.02. The minimum Gasteiger partial charge on any atom is -0.448 e. The summed E-state index contributed by atoms with van der Waals surface area (Å²) in [5.74, 6) is -0.0802. The molecule has 0 saturated carbocycles. The van der Waals surface area contributed by atoms with E-state index >= 15 is 0 Å². The van der Waals surface area contributed by atoms with E-state index in [1.807, 2.05) is 25.1 Å². The quantitative estimate of drug-likeness (QED) is 0.745. The smallest absolute Gasteiger partial charge is 0.297 e. The molecular formula is C17H19ClN4O3. The molecule has 0 bridgehead atoms. The Labute approximate surface area is 150 Å². The van der Waals surface area contributed by atoms with Crippen molar-refractivity contribution in [1.29, 1.82) is 0 Å². The molecule has 0 radical (unpaired) electrons. The van der Waals surface area contributed by atoms with Crippen LogP contribution in [0.4, 0.5) is 0 Å². The number of furan rings is 1. The van der Waals surface area contributed by atoms with Crippen molar-refractivity contribution in [1.82, 2.24) is 19.8 Å². The normalized spacial score (nSPS) is 17.6. The summed E-state index contributed by atoms with van der Waals surface area (Å²) in [5, 5.41) is 4.05. The summed E-state index contributed by atoms with van der Waals surface area (Å²) < 4.78 is 6.96. The number of hydrogen-bond acceptors (Lipinski definition) is 5. The number of carbonyl (C=O) groups excluding carboxylic acids is 1. The van der Waals surface area contributed by atoms with Gasteiger partial charge in [0.1, 0.15) is 17.6 Å². The Balaban J connectivity index is 0.00000182. The van der Waals surface area contributed by atoms with Gasteiger partial charge in [0, 0.05) is 31.1 Å². The Morgan fingerprint density at radius 3 is 3.00 bits per heavy atom. The molecule has 3 aromatic rings. The lowest BCUT2D eigenvalue weighted by molar-refractivity contribution is -0.134. The first-order chi connectivity index (χ1) is 11.6. The minimum absolute atomic E-state index is 0. The number of aromatic nitrogens is 2. The maximum absolute atomic E-state index is 12.6. The van der Waals surface area contributed by atoms with Crippen LogP contribution in [0.15, 0.2) is 39.8 Å². The highest BCUT2D eigenvalue weighted by Crippen LogP contribution is 2.24. The number of benzene rings is 1. The predicted molar refractivity (Wildman–Crippen MR) is 97.1 cm³/mol. The van der Waals surface area contributed by atoms with E-state index < -0.39 is 0 Å². The van der Waals surface area contributed by atoms with Gasteiger partial charge in [-0.1, -0.05) is 12.1 Å². The summed E-state index contributed by atoms with van der Waals surface area (Å²) in [4.78, 5) is 31.3. The van der Waals surface area contributed by atoms with Crippen molar-refractivity contribution in [2.24, 2.45) is 0 Å². The Hall–Kier alpha value is -2.38. The highest BCUT2D eigenvalue weighted by molar-refractivity contribution is 6.01. The van der Waals surface area contributed by atoms with Gasteiger partial charge in [-0.3, -0.25) is 14.2 Å². The van der Waals surface area contributed by atoms with Crippen LogP contribution in [-0.2, 0) is 11.3 Å². The summed E-state index contributed by atoms with van der Waals surface area (Å²) >= 11 is 0. The Bertz CT molecular complexity index is 981. The number of halogens is 1. The maximum atomic E-state index is 12.6. The second-order valence-corrected chi connectivity index (χ2v) is 6.09. The molecule has 1 aliphatic heterocycles. The van der Waals surface area contributed by atoms with Crippen LogP contribution in [0.3, 0.4) is 0 Å². The summed E-state index contributed by atoms with van der Waals surface area (Å²) in [6.07, 6.45) is 1.43. The number of nitrogens with one attached hydrogen (secondary N) is 1. The topological polar surface area (TPSA) is 80.4 Å². The molecular weight excluding hydrogens is 344 g/mol. The van der Waals surface area contributed by atoms with Gasteiger partial charge in [0.15, 0.2) is 0 Å². The highest BCUT2D eigenvalue weighted by Gasteiger charge is 2.24. The third-order valence-corrected chi connectivity index (χ3v) is 4.48. The van der Waals surface area contributed by atoms with Gasteiger partial charge in [-0.25, -0.2) is 4.98 Å². The lowest BCUT2D eigenvalue weighted by atomic mass is 10.2. The molecule has 1 amide bonds. The number of fused-ring (bicyclic) bond motifs is 3. The lowest BCUT2D eigenvalue weighted by Gasteiger charge is -2.34. The molecule has 0 aliphatic carbocycles. The minimum atomic E-state index is -0.327. The molecule has 4 rings (SSSR count). The molecule has 25 heavy (non-hydrogen) atoms. The van der Waals surface area contributed by atoms with E-state index in [-0.39, 0.29) is 42.0 Å². The average molecular weight is 363 g/mol. The molecule has 1 aromatic carbocycles. The fraction of sp³-hybridized carbons (Fsp3) is 0.353. The van der Waals surface area contributed by atoms with Crippen LogP contribution in [0.1, 0.15) is 6.92 Å². The molecule has 8 heteroatoms. The van der Waals surface area contributed by atoms with Gasteiger partial charge >= 0.3 is 0 Å². The van der Waals surface area contributed by atoms with Crippen LogP contribution in [0.2, 0.25) is 0 Å². The fourth-order valence-corrected chi connectivity index (χ4v) is 3.18. The molecule has 3 heterocycles. The van der Waals surface area contributed by atoms with E-state index in [1.165, 1.54) is 10.9 Å². The van der Waals surface area contributed by atoms with E-state index in [1.54, 1.807) is 11.0 Å². The van der Waals surface area contributed by atoms with Crippen LogP contribution in [-0.4, -0.2) is 46.0 Å². The van der Waals surface area contributed by atoms with E-state index in [0.717, 1.165) is 18.5 Å². The first kappa shape index (κ1) is 17.4. The Kier molecular flexibility index (Phi) is 4.78. The van der Waals surface area contributed by atoms with Gasteiger partial charge in [0.25, 0.3) is 5.56 Å². The standard InChI is InChI=1S/C17H18N4O3.ClH/c1-11-8-18-6-7-21(11)14(22)9-20-10-19-15-12-4-2-3-5-13(12)24-16(15)17(20)23;/h2-5,10-11,18H,6-9H2,1H3;1H/t11-;/m0./s1. The SMILES string of the molecule is C[C@H]1CNCCN1C(=O)Cn1cnc2c(oc3ccccc32)c1=O.Cl. The van der Waals surface area contributed by atoms with Gasteiger partial charge in [0.05, 0.1) is 6.33 Å². The monoisotopic (exact) mass is 362 g/mol. The summed E-state index contributed by atoms with van der Waals surface area (Å²) in [7, 11) is 0. The predicted octanol–water partition coefficient (Wildman–Crippen LogP) is 1.38. The van der Waals surface area contributed by atoms with E-state index in [0.29, 0.717) is 17.6 Å². The number of para-hydroxylation sites is 1. The molecule has 132 valence electrons. The zero-order valence-corrected chi connectivity index (χ0v) is 14.6. The largest absolute Gasteiger partial charge is 0.448 e. The molecule has 1 N–H and O–H groups in total. The van der Waals surface area contributed by atoms with Gasteiger partial charge in [0.2, 0.25) is 11.5 Å². The molecule has 7 nitrogen and oxygen atoms in total. The van der Waals surface area contributed by atoms with Crippen LogP contribution in [0.5, 0.6) is 0 Å². The van der Waals surface area contributed by atoms with Crippen LogP contribution in [0, 0.1) is 0 Å². The highest BCUT2D eigenvalue weighted by atomic mass is 35.5. The van der Waals surface area contributed by atoms with Gasteiger partial charge in [-0.2, -0.15) is 0 Å². The van der Waals surface area contributed by atoms with Gasteiger partial charge < -0.3 is 14.6 Å².